The summed E-state index contributed by atoms with van der Waals surface area (Å²) in [5.74, 6) is -2.62. The van der Waals surface area contributed by atoms with Crippen molar-refractivity contribution in [2.75, 3.05) is 6.61 Å². The lowest BCUT2D eigenvalue weighted by Crippen LogP contribution is -2.61. The van der Waals surface area contributed by atoms with E-state index in [2.05, 4.69) is 0 Å². The van der Waals surface area contributed by atoms with Gasteiger partial charge in [0, 0.05) is 16.2 Å². The van der Waals surface area contributed by atoms with Crippen molar-refractivity contribution in [2.45, 2.75) is 127 Å². The van der Waals surface area contributed by atoms with Crippen LogP contribution in [0.15, 0.2) is 54.6 Å². The molecule has 0 aliphatic carbocycles. The first-order chi connectivity index (χ1) is 25.3. The zero-order valence-corrected chi connectivity index (χ0v) is 35.3. The topological polar surface area (TPSA) is 114 Å². The molecule has 0 radical (unpaired) electrons. The van der Waals surface area contributed by atoms with Crippen LogP contribution in [0.5, 0.6) is 0 Å². The van der Waals surface area contributed by atoms with Crippen molar-refractivity contribution in [3.05, 3.63) is 82.0 Å². The van der Waals surface area contributed by atoms with E-state index in [1.807, 2.05) is 37.3 Å². The number of ether oxygens (including phenoxy) is 5. The van der Waals surface area contributed by atoms with Gasteiger partial charge in [-0.2, -0.15) is 0 Å². The molecule has 1 aliphatic rings. The Hall–Kier alpha value is -4.09. The summed E-state index contributed by atoms with van der Waals surface area (Å²) in [5.41, 5.74) is -0.255. The molecule has 0 bridgehead atoms. The molecule has 0 N–H and O–H groups in total. The Morgan fingerprint density at radius 1 is 0.655 bits per heavy atom. The molecule has 11 heteroatoms. The summed E-state index contributed by atoms with van der Waals surface area (Å²) in [6, 6.07) is 16.2. The third kappa shape index (κ3) is 11.3. The Kier molecular flexibility index (Phi) is 13.1. The maximum Gasteiger partial charge on any atom is 0.311 e. The quantitative estimate of drug-likeness (QED) is 0.155. The van der Waals surface area contributed by atoms with Crippen LogP contribution in [-0.4, -0.2) is 54.9 Å². The van der Waals surface area contributed by atoms with Crippen LogP contribution >= 0.6 is 11.3 Å². The number of carbonyl (C=O) groups excluding carboxylic acids is 4. The molecule has 9 nitrogen and oxygen atoms in total. The molecule has 55 heavy (non-hydrogen) atoms. The minimum absolute atomic E-state index is 0.298. The van der Waals surface area contributed by atoms with E-state index in [1.165, 1.54) is 12.1 Å². The van der Waals surface area contributed by atoms with E-state index < -0.39 is 76.1 Å². The fourth-order valence-electron chi connectivity index (χ4n) is 5.49. The van der Waals surface area contributed by atoms with E-state index in [4.69, 9.17) is 23.7 Å². The zero-order valence-electron chi connectivity index (χ0n) is 34.5. The van der Waals surface area contributed by atoms with Gasteiger partial charge in [0.25, 0.3) is 0 Å². The van der Waals surface area contributed by atoms with Crippen molar-refractivity contribution in [1.82, 2.24) is 0 Å². The molecule has 0 amide bonds. The van der Waals surface area contributed by atoms with E-state index in [0.717, 1.165) is 26.4 Å². The second-order valence-electron chi connectivity index (χ2n) is 18.4. The Labute approximate surface area is 329 Å². The Balaban J connectivity index is 1.85. The smallest absolute Gasteiger partial charge is 0.311 e. The van der Waals surface area contributed by atoms with E-state index in [1.54, 1.807) is 107 Å². The molecular formula is C44H57FO9S. The lowest BCUT2D eigenvalue weighted by Gasteiger charge is -2.46. The van der Waals surface area contributed by atoms with Gasteiger partial charge >= 0.3 is 23.9 Å². The summed E-state index contributed by atoms with van der Waals surface area (Å²) < 4.78 is 44.7. The first kappa shape index (κ1) is 43.6. The summed E-state index contributed by atoms with van der Waals surface area (Å²) in [5, 5.41) is 0. The normalized spacial score (nSPS) is 20.7. The number of rotatable bonds is 9. The lowest BCUT2D eigenvalue weighted by atomic mass is 9.87. The number of hydrogen-bond acceptors (Lipinski definition) is 10. The minimum Gasteiger partial charge on any atom is -0.462 e. The number of thiophene rings is 1. The lowest BCUT2D eigenvalue weighted by molar-refractivity contribution is -0.262. The molecule has 3 aromatic rings. The van der Waals surface area contributed by atoms with Gasteiger partial charge in [-0.25, -0.2) is 4.39 Å². The highest BCUT2D eigenvalue weighted by Gasteiger charge is 2.55. The Morgan fingerprint density at radius 2 is 1.16 bits per heavy atom. The first-order valence-electron chi connectivity index (χ1n) is 18.7. The molecule has 1 aliphatic heterocycles. The molecular weight excluding hydrogens is 724 g/mol. The number of halogens is 1. The molecule has 1 fully saturated rings. The molecule has 2 heterocycles. The molecule has 0 unspecified atom stereocenters. The van der Waals surface area contributed by atoms with Gasteiger partial charge in [-0.1, -0.05) is 30.3 Å². The summed E-state index contributed by atoms with van der Waals surface area (Å²) >= 11 is 1.60. The SMILES string of the molecule is Cc1ccc([C@@H]2O[C@H](COC(=O)C(C)(C)C)[C@@H](OC(=O)C(C)(C)C)[C@H](OC(=O)C(C)(C)C)[C@H]2OC(=O)C(C)(C)C)cc1Cc1ccc(-c2ccc(F)cc2)s1. The van der Waals surface area contributed by atoms with Crippen molar-refractivity contribution in [3.63, 3.8) is 0 Å². The third-order valence-corrected chi connectivity index (χ3v) is 10.2. The van der Waals surface area contributed by atoms with Crippen LogP contribution in [0.2, 0.25) is 0 Å². The van der Waals surface area contributed by atoms with Gasteiger partial charge in [0.15, 0.2) is 18.3 Å². The largest absolute Gasteiger partial charge is 0.462 e. The molecule has 1 saturated heterocycles. The second kappa shape index (κ2) is 16.6. The number of carbonyl (C=O) groups is 4. The summed E-state index contributed by atoms with van der Waals surface area (Å²) in [6.07, 6.45) is -5.53. The van der Waals surface area contributed by atoms with Crippen LogP contribution < -0.4 is 0 Å². The summed E-state index contributed by atoms with van der Waals surface area (Å²) in [4.78, 5) is 56.1. The molecule has 4 rings (SSSR count). The number of aryl methyl sites for hydroxylation is 1. The summed E-state index contributed by atoms with van der Waals surface area (Å²) in [6.45, 7) is 22.1. The van der Waals surface area contributed by atoms with E-state index >= 15 is 0 Å². The van der Waals surface area contributed by atoms with Gasteiger partial charge in [-0.3, -0.25) is 19.2 Å². The molecule has 5 atom stereocenters. The van der Waals surface area contributed by atoms with Gasteiger partial charge in [0.1, 0.15) is 24.6 Å². The Bertz CT molecular complexity index is 1850. The second-order valence-corrected chi connectivity index (χ2v) is 19.6. The van der Waals surface area contributed by atoms with Gasteiger partial charge in [0.2, 0.25) is 0 Å². The van der Waals surface area contributed by atoms with Crippen LogP contribution in [0, 0.1) is 34.4 Å². The van der Waals surface area contributed by atoms with E-state index in [9.17, 15) is 23.6 Å². The fourth-order valence-corrected chi connectivity index (χ4v) is 6.52. The maximum atomic E-state index is 13.7. The average Bonchev–Trinajstić information content (AvgIpc) is 3.53. The average molecular weight is 781 g/mol. The van der Waals surface area contributed by atoms with Crippen LogP contribution in [0.4, 0.5) is 4.39 Å². The number of benzene rings is 2. The Morgan fingerprint density at radius 3 is 1.69 bits per heavy atom. The van der Waals surface area contributed by atoms with Gasteiger partial charge in [-0.15, -0.1) is 11.3 Å². The molecule has 300 valence electrons. The highest BCUT2D eigenvalue weighted by atomic mass is 32.1. The third-order valence-electron chi connectivity index (χ3n) is 9.05. The highest BCUT2D eigenvalue weighted by Crippen LogP contribution is 2.41. The number of esters is 4. The maximum absolute atomic E-state index is 13.7. The zero-order chi connectivity index (χ0) is 41.3. The van der Waals surface area contributed by atoms with Crippen LogP contribution in [0.3, 0.4) is 0 Å². The predicted molar refractivity (Wildman–Crippen MR) is 210 cm³/mol. The molecule has 0 spiro atoms. The van der Waals surface area contributed by atoms with Crippen LogP contribution in [-0.2, 0) is 49.3 Å². The monoisotopic (exact) mass is 780 g/mol. The summed E-state index contributed by atoms with van der Waals surface area (Å²) in [7, 11) is 0. The molecule has 0 saturated carbocycles. The van der Waals surface area contributed by atoms with Crippen molar-refractivity contribution >= 4 is 35.2 Å². The number of hydrogen-bond donors (Lipinski definition) is 0. The minimum atomic E-state index is -1.35. The van der Waals surface area contributed by atoms with Gasteiger partial charge in [-0.05, 0) is 137 Å². The van der Waals surface area contributed by atoms with Crippen molar-refractivity contribution in [2.24, 2.45) is 21.7 Å². The van der Waals surface area contributed by atoms with Crippen LogP contribution in [0.25, 0.3) is 10.4 Å². The predicted octanol–water partition coefficient (Wildman–Crippen LogP) is 9.36. The highest BCUT2D eigenvalue weighted by molar-refractivity contribution is 7.15. The van der Waals surface area contributed by atoms with Crippen molar-refractivity contribution in [3.8, 4) is 10.4 Å². The van der Waals surface area contributed by atoms with Crippen molar-refractivity contribution < 1.29 is 47.3 Å². The van der Waals surface area contributed by atoms with Gasteiger partial charge < -0.3 is 23.7 Å². The first-order valence-corrected chi connectivity index (χ1v) is 19.5. The van der Waals surface area contributed by atoms with Crippen LogP contribution in [0.1, 0.15) is 111 Å². The van der Waals surface area contributed by atoms with E-state index in [0.29, 0.717) is 12.0 Å². The molecule has 2 aromatic carbocycles. The van der Waals surface area contributed by atoms with Crippen molar-refractivity contribution in [1.29, 1.82) is 0 Å². The van der Waals surface area contributed by atoms with Gasteiger partial charge in [0.05, 0.1) is 21.7 Å². The molecule has 1 aromatic heterocycles. The fraction of sp³-hybridized carbons (Fsp3) is 0.545. The standard InChI is InChI=1S/C44H57FO9S/c1-25-14-15-27(22-28(25)23-30-20-21-32(55-30)26-16-18-29(45)19-17-26)33-35(53-39(48)43(8,9)10)36(54-40(49)44(11,12)13)34(52-38(47)42(5,6)7)31(51-33)24-50-37(46)41(2,3)4/h14-22,31,33-36H,23-24H2,1-13H3/t31-,33+,34-,35+,36+/m1/s1. The van der Waals surface area contributed by atoms with E-state index in [-0.39, 0.29) is 12.4 Å².